The molecule has 1 saturated heterocycles. The topological polar surface area (TPSA) is 37.7 Å². The van der Waals surface area contributed by atoms with Gasteiger partial charge in [-0.2, -0.15) is 0 Å². The molecule has 1 fully saturated rings. The minimum atomic E-state index is 0.168. The predicted octanol–water partition coefficient (Wildman–Crippen LogP) is 2.98. The monoisotopic (exact) mass is 404 g/mol. The highest BCUT2D eigenvalue weighted by Crippen LogP contribution is 2.20. The van der Waals surface area contributed by atoms with Gasteiger partial charge in [-0.3, -0.25) is 0 Å². The van der Waals surface area contributed by atoms with Gasteiger partial charge in [0.1, 0.15) is 19.1 Å². The first kappa shape index (κ1) is 20.1. The maximum atomic E-state index is 6.22. The Bertz CT molecular complexity index is 765. The first-order valence-electron chi connectivity index (χ1n) is 9.35. The molecule has 0 radical (unpaired) electrons. The second kappa shape index (κ2) is 9.51. The van der Waals surface area contributed by atoms with Crippen LogP contribution in [0.4, 0.5) is 5.69 Å². The molecule has 2 aromatic rings. The number of rotatable bonds is 5. The lowest BCUT2D eigenvalue weighted by Gasteiger charge is -2.35. The normalized spacial score (nSPS) is 17.1. The Balaban J connectivity index is 1.70. The van der Waals surface area contributed by atoms with Gasteiger partial charge < -0.3 is 20.3 Å². The summed E-state index contributed by atoms with van der Waals surface area (Å²) in [5, 5.41) is 8.07. The molecule has 2 atom stereocenters. The maximum Gasteiger partial charge on any atom is 0.171 e. The third-order valence-corrected chi connectivity index (χ3v) is 5.65. The number of benzene rings is 2. The summed E-state index contributed by atoms with van der Waals surface area (Å²) in [4.78, 5) is 1.52. The van der Waals surface area contributed by atoms with E-state index in [9.17, 15) is 0 Å². The summed E-state index contributed by atoms with van der Waals surface area (Å²) >= 11 is 11.8. The van der Waals surface area contributed by atoms with Gasteiger partial charge in [0.25, 0.3) is 0 Å². The lowest BCUT2D eigenvalue weighted by Crippen LogP contribution is -3.15. The smallest absolute Gasteiger partial charge is 0.171 e. The average molecular weight is 405 g/mol. The summed E-state index contributed by atoms with van der Waals surface area (Å²) in [6, 6.07) is 17.0. The van der Waals surface area contributed by atoms with E-state index in [0.717, 1.165) is 42.6 Å². The van der Waals surface area contributed by atoms with E-state index in [1.165, 1.54) is 10.5 Å². The van der Waals surface area contributed by atoms with Crippen LogP contribution in [0.5, 0.6) is 0 Å². The Morgan fingerprint density at radius 2 is 1.85 bits per heavy atom. The van der Waals surface area contributed by atoms with Crippen LogP contribution in [0.25, 0.3) is 0 Å². The number of quaternary nitrogens is 1. The van der Waals surface area contributed by atoms with E-state index < -0.39 is 0 Å². The quantitative estimate of drug-likeness (QED) is 0.670. The second-order valence-electron chi connectivity index (χ2n) is 7.01. The van der Waals surface area contributed by atoms with E-state index in [4.69, 9.17) is 28.6 Å². The third-order valence-electron chi connectivity index (χ3n) is 5.02. The highest BCUT2D eigenvalue weighted by atomic mass is 35.5. The molecule has 4 nitrogen and oxygen atoms in total. The van der Waals surface area contributed by atoms with Crippen molar-refractivity contribution in [3.63, 3.8) is 0 Å². The van der Waals surface area contributed by atoms with Gasteiger partial charge in [-0.1, -0.05) is 48.0 Å². The van der Waals surface area contributed by atoms with Gasteiger partial charge >= 0.3 is 0 Å². The summed E-state index contributed by atoms with van der Waals surface area (Å²) in [6.45, 7) is 7.78. The molecule has 0 bridgehead atoms. The minimum absolute atomic E-state index is 0.168. The standard InChI is InChI=1S/C21H26ClN3OS/c1-15-8-9-18(14-19(15)22)24-21(27)23-16(2)20(17-6-4-3-5-7-17)25-10-12-26-13-11-25/h3-9,14,16,20H,10-13H2,1-2H3,(H2,23,24,27)/p+1/t16-,20+/m0/s1. The van der Waals surface area contributed by atoms with Crippen molar-refractivity contribution in [2.75, 3.05) is 31.6 Å². The zero-order chi connectivity index (χ0) is 19.2. The van der Waals surface area contributed by atoms with Gasteiger partial charge in [0.2, 0.25) is 0 Å². The van der Waals surface area contributed by atoms with Gasteiger partial charge in [0.15, 0.2) is 5.11 Å². The molecule has 1 aliphatic rings. The number of aryl methyl sites for hydroxylation is 1. The zero-order valence-corrected chi connectivity index (χ0v) is 17.4. The number of ether oxygens (including phenoxy) is 1. The Kier molecular flexibility index (Phi) is 7.07. The summed E-state index contributed by atoms with van der Waals surface area (Å²) in [5.41, 5.74) is 3.26. The number of thiocarbonyl (C=S) groups is 1. The third kappa shape index (κ3) is 5.42. The van der Waals surface area contributed by atoms with Crippen LogP contribution in [0.15, 0.2) is 48.5 Å². The van der Waals surface area contributed by atoms with Gasteiger partial charge in [-0.15, -0.1) is 0 Å². The predicted molar refractivity (Wildman–Crippen MR) is 116 cm³/mol. The highest BCUT2D eigenvalue weighted by molar-refractivity contribution is 7.80. The number of anilines is 1. The average Bonchev–Trinajstić information content (AvgIpc) is 2.66. The fourth-order valence-corrected chi connectivity index (χ4v) is 4.10. The lowest BCUT2D eigenvalue weighted by molar-refractivity contribution is -0.940. The van der Waals surface area contributed by atoms with Crippen molar-refractivity contribution in [2.24, 2.45) is 0 Å². The molecule has 0 saturated carbocycles. The van der Waals surface area contributed by atoms with E-state index in [1.807, 2.05) is 25.1 Å². The number of hydrogen-bond acceptors (Lipinski definition) is 2. The largest absolute Gasteiger partial charge is 0.370 e. The number of nitrogens with one attached hydrogen (secondary N) is 3. The molecule has 27 heavy (non-hydrogen) atoms. The number of morpholine rings is 1. The zero-order valence-electron chi connectivity index (χ0n) is 15.8. The molecule has 2 aromatic carbocycles. The molecule has 0 unspecified atom stereocenters. The van der Waals surface area contributed by atoms with E-state index in [-0.39, 0.29) is 6.04 Å². The van der Waals surface area contributed by atoms with Crippen molar-refractivity contribution in [1.82, 2.24) is 5.32 Å². The number of halogens is 1. The summed E-state index contributed by atoms with van der Waals surface area (Å²) in [7, 11) is 0. The van der Waals surface area contributed by atoms with E-state index in [2.05, 4.69) is 47.9 Å². The first-order chi connectivity index (χ1) is 13.0. The van der Waals surface area contributed by atoms with E-state index in [1.54, 1.807) is 0 Å². The van der Waals surface area contributed by atoms with Crippen molar-refractivity contribution in [2.45, 2.75) is 25.9 Å². The van der Waals surface area contributed by atoms with Crippen LogP contribution >= 0.6 is 23.8 Å². The van der Waals surface area contributed by atoms with Crippen molar-refractivity contribution in [3.8, 4) is 0 Å². The molecule has 6 heteroatoms. The van der Waals surface area contributed by atoms with Gasteiger partial charge in [0, 0.05) is 16.3 Å². The van der Waals surface area contributed by atoms with Crippen molar-refractivity contribution in [1.29, 1.82) is 0 Å². The first-order valence-corrected chi connectivity index (χ1v) is 10.1. The molecular formula is C21H27ClN3OS+. The van der Waals surface area contributed by atoms with Crippen LogP contribution in [-0.2, 0) is 4.74 Å². The molecule has 1 heterocycles. The molecule has 0 amide bonds. The molecule has 0 aliphatic carbocycles. The Morgan fingerprint density at radius 3 is 2.52 bits per heavy atom. The van der Waals surface area contributed by atoms with Crippen LogP contribution in [0.2, 0.25) is 5.02 Å². The van der Waals surface area contributed by atoms with Gasteiger partial charge in [-0.25, -0.2) is 0 Å². The van der Waals surface area contributed by atoms with E-state index in [0.29, 0.717) is 11.2 Å². The Morgan fingerprint density at radius 1 is 1.15 bits per heavy atom. The molecular weight excluding hydrogens is 378 g/mol. The van der Waals surface area contributed by atoms with Gasteiger partial charge in [0.05, 0.1) is 19.3 Å². The Hall–Kier alpha value is -1.66. The van der Waals surface area contributed by atoms with E-state index >= 15 is 0 Å². The Labute approximate surface area is 171 Å². The summed E-state index contributed by atoms with van der Waals surface area (Å²) in [6.07, 6.45) is 0. The summed E-state index contributed by atoms with van der Waals surface area (Å²) < 4.78 is 5.55. The van der Waals surface area contributed by atoms with Crippen LogP contribution < -0.4 is 15.5 Å². The van der Waals surface area contributed by atoms with Crippen LogP contribution in [0.1, 0.15) is 24.1 Å². The molecule has 1 aliphatic heterocycles. The van der Waals surface area contributed by atoms with Crippen LogP contribution in [0.3, 0.4) is 0 Å². The second-order valence-corrected chi connectivity index (χ2v) is 7.83. The number of hydrogen-bond donors (Lipinski definition) is 3. The van der Waals surface area contributed by atoms with Crippen LogP contribution in [0, 0.1) is 6.92 Å². The fourth-order valence-electron chi connectivity index (χ4n) is 3.61. The van der Waals surface area contributed by atoms with Crippen LogP contribution in [-0.4, -0.2) is 37.5 Å². The molecule has 3 N–H and O–H groups in total. The minimum Gasteiger partial charge on any atom is -0.370 e. The molecule has 0 aromatic heterocycles. The fraction of sp³-hybridized carbons (Fsp3) is 0.381. The molecule has 144 valence electrons. The highest BCUT2D eigenvalue weighted by Gasteiger charge is 2.31. The SMILES string of the molecule is Cc1ccc(NC(=S)N[C@@H](C)[C@H](c2ccccc2)[NH+]2CCOCC2)cc1Cl. The van der Waals surface area contributed by atoms with Crippen molar-refractivity contribution < 1.29 is 9.64 Å². The van der Waals surface area contributed by atoms with Crippen molar-refractivity contribution >= 4 is 34.6 Å². The van der Waals surface area contributed by atoms with Crippen molar-refractivity contribution in [3.05, 3.63) is 64.7 Å². The molecule has 3 rings (SSSR count). The summed E-state index contributed by atoms with van der Waals surface area (Å²) in [5.74, 6) is 0. The lowest BCUT2D eigenvalue weighted by atomic mass is 9.98. The maximum absolute atomic E-state index is 6.22. The van der Waals surface area contributed by atoms with Gasteiger partial charge in [-0.05, 0) is 43.8 Å². The molecule has 0 spiro atoms.